The molecule has 0 aliphatic carbocycles. The van der Waals surface area contributed by atoms with Gasteiger partial charge in [-0.25, -0.2) is 0 Å². The Morgan fingerprint density at radius 2 is 2.18 bits per heavy atom. The van der Waals surface area contributed by atoms with Crippen molar-refractivity contribution in [3.8, 4) is 0 Å². The molecular formula is C14H19NO2. The average Bonchev–Trinajstić information content (AvgIpc) is 2.40. The minimum absolute atomic E-state index is 0.0231. The van der Waals surface area contributed by atoms with Crippen LogP contribution >= 0.6 is 0 Å². The molecule has 1 N–H and O–H groups in total. The molecule has 0 aromatic heterocycles. The maximum absolute atomic E-state index is 11.9. The van der Waals surface area contributed by atoms with Gasteiger partial charge in [-0.15, -0.1) is 0 Å². The zero-order valence-corrected chi connectivity index (χ0v) is 10.2. The third-order valence-electron chi connectivity index (χ3n) is 3.19. The molecule has 1 aliphatic rings. The van der Waals surface area contributed by atoms with E-state index in [4.69, 9.17) is 4.74 Å². The number of carbonyl (C=O) groups is 1. The van der Waals surface area contributed by atoms with E-state index >= 15 is 0 Å². The highest BCUT2D eigenvalue weighted by Crippen LogP contribution is 2.20. The van der Waals surface area contributed by atoms with Crippen LogP contribution in [0.15, 0.2) is 30.3 Å². The van der Waals surface area contributed by atoms with E-state index in [1.807, 2.05) is 37.3 Å². The molecule has 3 nitrogen and oxygen atoms in total. The summed E-state index contributed by atoms with van der Waals surface area (Å²) >= 11 is 0. The van der Waals surface area contributed by atoms with Crippen LogP contribution in [0.4, 0.5) is 0 Å². The number of ether oxygens (including phenoxy) is 1. The maximum atomic E-state index is 11.9. The Morgan fingerprint density at radius 1 is 1.41 bits per heavy atom. The summed E-state index contributed by atoms with van der Waals surface area (Å²) in [5.41, 5.74) is 1.05. The van der Waals surface area contributed by atoms with Gasteiger partial charge in [0.05, 0.1) is 5.92 Å². The Hall–Kier alpha value is -1.35. The lowest BCUT2D eigenvalue weighted by atomic mass is 10.00. The summed E-state index contributed by atoms with van der Waals surface area (Å²) in [7, 11) is 0. The fourth-order valence-corrected chi connectivity index (χ4v) is 2.12. The van der Waals surface area contributed by atoms with E-state index in [9.17, 15) is 4.79 Å². The molecule has 1 aromatic carbocycles. The number of rotatable bonds is 3. The molecule has 1 saturated heterocycles. The van der Waals surface area contributed by atoms with Crippen LogP contribution in [0.1, 0.15) is 31.4 Å². The van der Waals surface area contributed by atoms with E-state index in [2.05, 4.69) is 5.32 Å². The number of hydrogen-bond acceptors (Lipinski definition) is 3. The van der Waals surface area contributed by atoms with E-state index in [0.717, 1.165) is 31.5 Å². The van der Waals surface area contributed by atoms with Crippen molar-refractivity contribution in [2.45, 2.75) is 25.9 Å². The van der Waals surface area contributed by atoms with Crippen molar-refractivity contribution in [1.82, 2.24) is 5.32 Å². The third kappa shape index (κ3) is 3.30. The SMILES string of the molecule is CC(OC(=O)C1CCCNC1)c1ccccc1. The van der Waals surface area contributed by atoms with Crippen molar-refractivity contribution in [3.05, 3.63) is 35.9 Å². The topological polar surface area (TPSA) is 38.3 Å². The van der Waals surface area contributed by atoms with Crippen LogP contribution in [0.25, 0.3) is 0 Å². The molecule has 1 heterocycles. The molecule has 2 rings (SSSR count). The van der Waals surface area contributed by atoms with Gasteiger partial charge < -0.3 is 10.1 Å². The molecule has 17 heavy (non-hydrogen) atoms. The Bertz CT molecular complexity index is 358. The highest BCUT2D eigenvalue weighted by molar-refractivity contribution is 5.73. The molecule has 0 spiro atoms. The molecule has 0 radical (unpaired) electrons. The number of carbonyl (C=O) groups excluding carboxylic acids is 1. The quantitative estimate of drug-likeness (QED) is 0.814. The molecule has 2 unspecified atom stereocenters. The largest absolute Gasteiger partial charge is 0.458 e. The second-order valence-electron chi connectivity index (χ2n) is 4.53. The highest BCUT2D eigenvalue weighted by Gasteiger charge is 2.24. The van der Waals surface area contributed by atoms with Crippen LogP contribution in [-0.4, -0.2) is 19.1 Å². The van der Waals surface area contributed by atoms with Gasteiger partial charge in [-0.3, -0.25) is 4.79 Å². The molecule has 3 heteroatoms. The summed E-state index contributed by atoms with van der Waals surface area (Å²) in [5, 5.41) is 3.23. The van der Waals surface area contributed by atoms with E-state index < -0.39 is 0 Å². The summed E-state index contributed by atoms with van der Waals surface area (Å²) in [6.07, 6.45) is 1.83. The number of nitrogens with one attached hydrogen (secondary N) is 1. The summed E-state index contributed by atoms with van der Waals surface area (Å²) in [6.45, 7) is 3.68. The zero-order chi connectivity index (χ0) is 12.1. The molecule has 1 aromatic rings. The summed E-state index contributed by atoms with van der Waals surface area (Å²) in [5.74, 6) is -0.0523. The maximum Gasteiger partial charge on any atom is 0.310 e. The van der Waals surface area contributed by atoms with Crippen molar-refractivity contribution in [3.63, 3.8) is 0 Å². The predicted octanol–water partition coefficient (Wildman–Crippen LogP) is 2.29. The Kier molecular flexibility index (Phi) is 4.15. The molecule has 0 amide bonds. The van der Waals surface area contributed by atoms with Crippen molar-refractivity contribution in [2.75, 3.05) is 13.1 Å². The molecule has 92 valence electrons. The minimum atomic E-state index is -0.161. The van der Waals surface area contributed by atoms with Crippen LogP contribution in [-0.2, 0) is 9.53 Å². The monoisotopic (exact) mass is 233 g/mol. The minimum Gasteiger partial charge on any atom is -0.458 e. The first-order valence-electron chi connectivity index (χ1n) is 6.23. The summed E-state index contributed by atoms with van der Waals surface area (Å²) in [6, 6.07) is 9.85. The summed E-state index contributed by atoms with van der Waals surface area (Å²) < 4.78 is 5.50. The molecule has 0 bridgehead atoms. The van der Waals surface area contributed by atoms with Gasteiger partial charge >= 0.3 is 5.97 Å². The molecule has 2 atom stereocenters. The lowest BCUT2D eigenvalue weighted by molar-refractivity contribution is -0.154. The van der Waals surface area contributed by atoms with Crippen LogP contribution in [0.2, 0.25) is 0 Å². The second-order valence-corrected chi connectivity index (χ2v) is 4.53. The third-order valence-corrected chi connectivity index (χ3v) is 3.19. The molecule has 1 aliphatic heterocycles. The van der Waals surface area contributed by atoms with Crippen LogP contribution < -0.4 is 5.32 Å². The van der Waals surface area contributed by atoms with Gasteiger partial charge in [0.1, 0.15) is 6.10 Å². The number of benzene rings is 1. The van der Waals surface area contributed by atoms with Gasteiger partial charge in [0, 0.05) is 6.54 Å². The number of esters is 1. The first-order chi connectivity index (χ1) is 8.27. The number of piperidine rings is 1. The first kappa shape index (κ1) is 12.1. The van der Waals surface area contributed by atoms with Gasteiger partial charge in [-0.1, -0.05) is 30.3 Å². The zero-order valence-electron chi connectivity index (χ0n) is 10.2. The fraction of sp³-hybridized carbons (Fsp3) is 0.500. The van der Waals surface area contributed by atoms with Gasteiger partial charge in [0.25, 0.3) is 0 Å². The lowest BCUT2D eigenvalue weighted by Crippen LogP contribution is -2.35. The van der Waals surface area contributed by atoms with Crippen molar-refractivity contribution >= 4 is 5.97 Å². The smallest absolute Gasteiger partial charge is 0.310 e. The first-order valence-corrected chi connectivity index (χ1v) is 6.23. The number of hydrogen-bond donors (Lipinski definition) is 1. The van der Waals surface area contributed by atoms with Crippen LogP contribution in [0.5, 0.6) is 0 Å². The van der Waals surface area contributed by atoms with Gasteiger partial charge in [-0.2, -0.15) is 0 Å². The van der Waals surface area contributed by atoms with Crippen LogP contribution in [0, 0.1) is 5.92 Å². The predicted molar refractivity (Wildman–Crippen MR) is 66.5 cm³/mol. The van der Waals surface area contributed by atoms with E-state index in [-0.39, 0.29) is 18.0 Å². The molecular weight excluding hydrogens is 214 g/mol. The van der Waals surface area contributed by atoms with Crippen molar-refractivity contribution in [1.29, 1.82) is 0 Å². The van der Waals surface area contributed by atoms with Crippen LogP contribution in [0.3, 0.4) is 0 Å². The molecule has 1 fully saturated rings. The normalized spacial score (nSPS) is 21.8. The van der Waals surface area contributed by atoms with Gasteiger partial charge in [0.2, 0.25) is 0 Å². The van der Waals surface area contributed by atoms with Crippen molar-refractivity contribution < 1.29 is 9.53 Å². The van der Waals surface area contributed by atoms with Crippen molar-refractivity contribution in [2.24, 2.45) is 5.92 Å². The molecule has 0 saturated carbocycles. The summed E-state index contributed by atoms with van der Waals surface area (Å²) in [4.78, 5) is 11.9. The van der Waals surface area contributed by atoms with E-state index in [0.29, 0.717) is 0 Å². The van der Waals surface area contributed by atoms with E-state index in [1.54, 1.807) is 0 Å². The Balaban J connectivity index is 1.89. The highest BCUT2D eigenvalue weighted by atomic mass is 16.5. The standard InChI is InChI=1S/C14H19NO2/c1-11(12-6-3-2-4-7-12)17-14(16)13-8-5-9-15-10-13/h2-4,6-7,11,13,15H,5,8-10H2,1H3. The van der Waals surface area contributed by atoms with Gasteiger partial charge in [0.15, 0.2) is 0 Å². The van der Waals surface area contributed by atoms with Gasteiger partial charge in [-0.05, 0) is 31.9 Å². The lowest BCUT2D eigenvalue weighted by Gasteiger charge is -2.23. The second kappa shape index (κ2) is 5.82. The Morgan fingerprint density at radius 3 is 2.82 bits per heavy atom. The van der Waals surface area contributed by atoms with E-state index in [1.165, 1.54) is 0 Å². The average molecular weight is 233 g/mol. The Labute approximate surface area is 102 Å². The fourth-order valence-electron chi connectivity index (χ4n) is 2.12.